The maximum atomic E-state index is 13.5. The first-order valence-corrected chi connectivity index (χ1v) is 9.56. The third kappa shape index (κ3) is 4.50. The zero-order valence-corrected chi connectivity index (χ0v) is 14.1. The van der Waals surface area contributed by atoms with Crippen molar-refractivity contribution in [3.63, 3.8) is 0 Å². The van der Waals surface area contributed by atoms with Gasteiger partial charge in [-0.1, -0.05) is 18.2 Å². The standard InChI is InChI=1S/C16H17FN4O3S/c17-13-4-2-1-3-11(13)7-19-15-9-18-14(8-20-15)16(22)21-12-5-6-25(23,24)10-12/h1-4,8-9,12H,5-7,10H2,(H,19,20)(H,21,22). The van der Waals surface area contributed by atoms with Crippen LogP contribution in [-0.2, 0) is 16.4 Å². The fourth-order valence-corrected chi connectivity index (χ4v) is 4.21. The minimum atomic E-state index is -3.06. The molecule has 9 heteroatoms. The van der Waals surface area contributed by atoms with E-state index in [-0.39, 0.29) is 29.6 Å². The Kier molecular flexibility index (Phi) is 4.93. The number of halogens is 1. The number of rotatable bonds is 5. The average molecular weight is 364 g/mol. The lowest BCUT2D eigenvalue weighted by Gasteiger charge is -2.10. The quantitative estimate of drug-likeness (QED) is 0.825. The molecule has 0 radical (unpaired) electrons. The van der Waals surface area contributed by atoms with Gasteiger partial charge in [0.05, 0.1) is 23.9 Å². The van der Waals surface area contributed by atoms with Crippen molar-refractivity contribution in [2.24, 2.45) is 0 Å². The number of aromatic nitrogens is 2. The highest BCUT2D eigenvalue weighted by molar-refractivity contribution is 7.91. The Labute approximate surface area is 144 Å². The SMILES string of the molecule is O=C(NC1CCS(=O)(=O)C1)c1cnc(NCc2ccccc2F)cn1. The van der Waals surface area contributed by atoms with E-state index in [2.05, 4.69) is 20.6 Å². The molecule has 2 N–H and O–H groups in total. The Morgan fingerprint density at radius 2 is 2.04 bits per heavy atom. The van der Waals surface area contributed by atoms with Gasteiger partial charge in [-0.3, -0.25) is 4.79 Å². The van der Waals surface area contributed by atoms with E-state index in [1.165, 1.54) is 18.5 Å². The Morgan fingerprint density at radius 3 is 2.68 bits per heavy atom. The molecule has 1 aromatic heterocycles. The van der Waals surface area contributed by atoms with Crippen molar-refractivity contribution in [3.05, 3.63) is 53.7 Å². The Balaban J connectivity index is 1.56. The number of amides is 1. The van der Waals surface area contributed by atoms with Gasteiger partial charge in [0.25, 0.3) is 5.91 Å². The zero-order chi connectivity index (χ0) is 17.9. The van der Waals surface area contributed by atoms with Crippen LogP contribution in [0.4, 0.5) is 10.2 Å². The van der Waals surface area contributed by atoms with Crippen molar-refractivity contribution in [1.82, 2.24) is 15.3 Å². The smallest absolute Gasteiger partial charge is 0.271 e. The van der Waals surface area contributed by atoms with E-state index < -0.39 is 21.8 Å². The molecule has 1 amide bonds. The van der Waals surface area contributed by atoms with Gasteiger partial charge in [-0.2, -0.15) is 0 Å². The highest BCUT2D eigenvalue weighted by Crippen LogP contribution is 2.12. The predicted octanol–water partition coefficient (Wildman–Crippen LogP) is 1.14. The maximum Gasteiger partial charge on any atom is 0.271 e. The molecule has 0 bridgehead atoms. The molecule has 7 nitrogen and oxygen atoms in total. The molecule has 2 aromatic rings. The fourth-order valence-electron chi connectivity index (χ4n) is 2.53. The van der Waals surface area contributed by atoms with E-state index in [9.17, 15) is 17.6 Å². The average Bonchev–Trinajstić information content (AvgIpc) is 2.93. The lowest BCUT2D eigenvalue weighted by Crippen LogP contribution is -2.36. The van der Waals surface area contributed by atoms with Gasteiger partial charge in [0, 0.05) is 18.2 Å². The second kappa shape index (κ2) is 7.14. The fraction of sp³-hybridized carbons (Fsp3) is 0.312. The van der Waals surface area contributed by atoms with Gasteiger partial charge < -0.3 is 10.6 Å². The number of nitrogens with zero attached hydrogens (tertiary/aromatic N) is 2. The monoisotopic (exact) mass is 364 g/mol. The summed E-state index contributed by atoms with van der Waals surface area (Å²) in [6, 6.07) is 5.99. The molecule has 0 spiro atoms. The summed E-state index contributed by atoms with van der Waals surface area (Å²) in [7, 11) is -3.06. The molecule has 1 saturated heterocycles. The molecule has 1 aliphatic rings. The van der Waals surface area contributed by atoms with Crippen LogP contribution < -0.4 is 10.6 Å². The van der Waals surface area contributed by atoms with Crippen molar-refractivity contribution >= 4 is 21.6 Å². The Morgan fingerprint density at radius 1 is 1.24 bits per heavy atom. The van der Waals surface area contributed by atoms with Gasteiger partial charge in [-0.05, 0) is 12.5 Å². The Bertz CT molecular complexity index is 871. The van der Waals surface area contributed by atoms with Crippen LogP contribution in [0.15, 0.2) is 36.7 Å². The highest BCUT2D eigenvalue weighted by atomic mass is 32.2. The highest BCUT2D eigenvalue weighted by Gasteiger charge is 2.29. The third-order valence-electron chi connectivity index (χ3n) is 3.87. The molecule has 0 saturated carbocycles. The summed E-state index contributed by atoms with van der Waals surface area (Å²) < 4.78 is 36.3. The summed E-state index contributed by atoms with van der Waals surface area (Å²) in [6.45, 7) is 0.243. The molecule has 1 atom stereocenters. The van der Waals surface area contributed by atoms with Gasteiger partial charge in [0.15, 0.2) is 9.84 Å². The molecule has 1 fully saturated rings. The molecule has 0 aliphatic carbocycles. The lowest BCUT2D eigenvalue weighted by atomic mass is 10.2. The first-order valence-electron chi connectivity index (χ1n) is 7.73. The van der Waals surface area contributed by atoms with Crippen LogP contribution in [0.3, 0.4) is 0 Å². The molecule has 3 rings (SSSR count). The molecule has 1 aromatic carbocycles. The summed E-state index contributed by atoms with van der Waals surface area (Å²) >= 11 is 0. The third-order valence-corrected chi connectivity index (χ3v) is 5.64. The number of hydrogen-bond donors (Lipinski definition) is 2. The number of hydrogen-bond acceptors (Lipinski definition) is 6. The molecule has 132 valence electrons. The summed E-state index contributed by atoms with van der Waals surface area (Å²) in [5.41, 5.74) is 0.592. The molecular formula is C16H17FN4O3S. The summed E-state index contributed by atoms with van der Waals surface area (Å²) in [5, 5.41) is 5.57. The van der Waals surface area contributed by atoms with Gasteiger partial charge in [0.1, 0.15) is 17.3 Å². The topological polar surface area (TPSA) is 101 Å². The predicted molar refractivity (Wildman–Crippen MR) is 90.3 cm³/mol. The molecule has 25 heavy (non-hydrogen) atoms. The molecular weight excluding hydrogens is 347 g/mol. The number of anilines is 1. The second-order valence-electron chi connectivity index (χ2n) is 5.81. The van der Waals surface area contributed by atoms with Crippen LogP contribution in [0.1, 0.15) is 22.5 Å². The minimum Gasteiger partial charge on any atom is -0.365 e. The number of sulfone groups is 1. The van der Waals surface area contributed by atoms with Gasteiger partial charge in [-0.15, -0.1) is 0 Å². The number of carbonyl (C=O) groups is 1. The zero-order valence-electron chi connectivity index (χ0n) is 13.3. The largest absolute Gasteiger partial charge is 0.365 e. The van der Waals surface area contributed by atoms with Crippen LogP contribution >= 0.6 is 0 Å². The summed E-state index contributed by atoms with van der Waals surface area (Å²) in [4.78, 5) is 20.2. The van der Waals surface area contributed by atoms with E-state index in [4.69, 9.17) is 0 Å². The van der Waals surface area contributed by atoms with Gasteiger partial charge >= 0.3 is 0 Å². The van der Waals surface area contributed by atoms with Crippen molar-refractivity contribution in [2.75, 3.05) is 16.8 Å². The normalized spacial score (nSPS) is 18.7. The number of benzene rings is 1. The Hall–Kier alpha value is -2.55. The number of nitrogens with one attached hydrogen (secondary N) is 2. The van der Waals surface area contributed by atoms with E-state index in [1.807, 2.05) is 0 Å². The maximum absolute atomic E-state index is 13.5. The minimum absolute atomic E-state index is 0.0472. The van der Waals surface area contributed by atoms with Gasteiger partial charge in [-0.25, -0.2) is 22.8 Å². The van der Waals surface area contributed by atoms with Gasteiger partial charge in [0.2, 0.25) is 0 Å². The number of carbonyl (C=O) groups excluding carboxylic acids is 1. The first kappa shape index (κ1) is 17.3. The van der Waals surface area contributed by atoms with E-state index in [1.54, 1.807) is 18.2 Å². The second-order valence-corrected chi connectivity index (χ2v) is 8.03. The van der Waals surface area contributed by atoms with Crippen molar-refractivity contribution in [2.45, 2.75) is 19.0 Å². The summed E-state index contributed by atoms with van der Waals surface area (Å²) in [6.07, 6.45) is 3.08. The molecule has 1 unspecified atom stereocenters. The summed E-state index contributed by atoms with van der Waals surface area (Å²) in [5.74, 6) is -0.333. The van der Waals surface area contributed by atoms with Crippen LogP contribution in [-0.4, -0.2) is 41.8 Å². The lowest BCUT2D eigenvalue weighted by molar-refractivity contribution is 0.0935. The molecule has 1 aliphatic heterocycles. The molecule has 2 heterocycles. The van der Waals surface area contributed by atoms with Crippen molar-refractivity contribution in [3.8, 4) is 0 Å². The first-order chi connectivity index (χ1) is 11.9. The van der Waals surface area contributed by atoms with E-state index in [0.717, 1.165) is 0 Å². The van der Waals surface area contributed by atoms with Crippen LogP contribution in [0.5, 0.6) is 0 Å². The van der Waals surface area contributed by atoms with Crippen molar-refractivity contribution < 1.29 is 17.6 Å². The van der Waals surface area contributed by atoms with E-state index in [0.29, 0.717) is 17.8 Å². The van der Waals surface area contributed by atoms with E-state index >= 15 is 0 Å². The van der Waals surface area contributed by atoms with Crippen molar-refractivity contribution in [1.29, 1.82) is 0 Å². The van der Waals surface area contributed by atoms with Crippen LogP contribution in [0, 0.1) is 5.82 Å². The van der Waals surface area contributed by atoms with Crippen LogP contribution in [0.2, 0.25) is 0 Å². The van der Waals surface area contributed by atoms with Crippen LogP contribution in [0.25, 0.3) is 0 Å².